The SMILES string of the molecule is CCCCCCN(CCc1c[nH]c2ccccc12)Cc1ccc(C=CC(=O)NO)cc1. The molecule has 3 N–H and O–H groups in total. The molecule has 31 heavy (non-hydrogen) atoms. The van der Waals surface area contributed by atoms with Crippen molar-refractivity contribution in [2.24, 2.45) is 0 Å². The number of benzene rings is 2. The molecule has 0 aliphatic carbocycles. The van der Waals surface area contributed by atoms with Gasteiger partial charge in [-0.3, -0.25) is 14.9 Å². The number of H-pyrrole nitrogens is 1. The van der Waals surface area contributed by atoms with E-state index in [9.17, 15) is 4.79 Å². The van der Waals surface area contributed by atoms with Gasteiger partial charge in [-0.1, -0.05) is 68.7 Å². The van der Waals surface area contributed by atoms with Crippen molar-refractivity contribution in [1.29, 1.82) is 0 Å². The van der Waals surface area contributed by atoms with Crippen molar-refractivity contribution in [2.45, 2.75) is 45.6 Å². The lowest BCUT2D eigenvalue weighted by molar-refractivity contribution is -0.124. The molecule has 5 heteroatoms. The van der Waals surface area contributed by atoms with E-state index in [0.717, 1.165) is 31.6 Å². The van der Waals surface area contributed by atoms with E-state index >= 15 is 0 Å². The number of rotatable bonds is 12. The lowest BCUT2D eigenvalue weighted by atomic mass is 10.1. The van der Waals surface area contributed by atoms with Crippen molar-refractivity contribution < 1.29 is 10.0 Å². The molecule has 0 spiro atoms. The number of hydroxylamine groups is 1. The Morgan fingerprint density at radius 1 is 1.06 bits per heavy atom. The zero-order valence-electron chi connectivity index (χ0n) is 18.3. The fraction of sp³-hybridized carbons (Fsp3) is 0.346. The summed E-state index contributed by atoms with van der Waals surface area (Å²) >= 11 is 0. The second-order valence-corrected chi connectivity index (χ2v) is 8.00. The van der Waals surface area contributed by atoms with Crippen LogP contribution in [-0.2, 0) is 17.8 Å². The Morgan fingerprint density at radius 2 is 1.87 bits per heavy atom. The standard InChI is InChI=1S/C26H33N3O2/c1-2-3-4-7-17-29(18-16-23-19-27-25-9-6-5-8-24(23)25)20-22-12-10-21(11-13-22)14-15-26(30)28-31/h5-6,8-15,19,27,31H,2-4,7,16-18,20H2,1H3,(H,28,30). The van der Waals surface area contributed by atoms with Crippen LogP contribution in [0.2, 0.25) is 0 Å². The summed E-state index contributed by atoms with van der Waals surface area (Å²) in [5.74, 6) is -0.528. The Balaban J connectivity index is 1.62. The molecule has 1 heterocycles. The average molecular weight is 420 g/mol. The highest BCUT2D eigenvalue weighted by atomic mass is 16.5. The maximum absolute atomic E-state index is 11.1. The molecule has 3 rings (SSSR count). The fourth-order valence-corrected chi connectivity index (χ4v) is 3.85. The summed E-state index contributed by atoms with van der Waals surface area (Å²) in [6.07, 6.45) is 11.2. The average Bonchev–Trinajstić information content (AvgIpc) is 3.22. The van der Waals surface area contributed by atoms with Crippen LogP contribution in [0.3, 0.4) is 0 Å². The molecule has 0 atom stereocenters. The molecular formula is C26H33N3O2. The first-order valence-corrected chi connectivity index (χ1v) is 11.2. The molecule has 0 fully saturated rings. The van der Waals surface area contributed by atoms with Crippen molar-refractivity contribution in [1.82, 2.24) is 15.4 Å². The van der Waals surface area contributed by atoms with Gasteiger partial charge in [0, 0.05) is 36.3 Å². The first kappa shape index (κ1) is 22.8. The maximum atomic E-state index is 11.1. The van der Waals surface area contributed by atoms with Crippen molar-refractivity contribution in [3.63, 3.8) is 0 Å². The van der Waals surface area contributed by atoms with E-state index in [0.29, 0.717) is 0 Å². The van der Waals surface area contributed by atoms with Crippen molar-refractivity contribution in [2.75, 3.05) is 13.1 Å². The number of hydrogen-bond donors (Lipinski definition) is 3. The van der Waals surface area contributed by atoms with E-state index in [1.807, 2.05) is 12.1 Å². The number of fused-ring (bicyclic) bond motifs is 1. The van der Waals surface area contributed by atoms with Gasteiger partial charge in [-0.2, -0.15) is 0 Å². The van der Waals surface area contributed by atoms with E-state index in [1.54, 1.807) is 11.6 Å². The molecule has 1 aromatic heterocycles. The van der Waals surface area contributed by atoms with Gasteiger partial charge in [-0.15, -0.1) is 0 Å². The zero-order chi connectivity index (χ0) is 21.9. The van der Waals surface area contributed by atoms with Gasteiger partial charge in [0.25, 0.3) is 5.91 Å². The summed E-state index contributed by atoms with van der Waals surface area (Å²) < 4.78 is 0. The van der Waals surface area contributed by atoms with Gasteiger partial charge < -0.3 is 4.98 Å². The predicted octanol–water partition coefficient (Wildman–Crippen LogP) is 5.31. The third-order valence-corrected chi connectivity index (χ3v) is 5.62. The Bertz CT molecular complexity index is 976. The third kappa shape index (κ3) is 7.09. The van der Waals surface area contributed by atoms with Gasteiger partial charge >= 0.3 is 0 Å². The Labute approximate surface area is 184 Å². The summed E-state index contributed by atoms with van der Waals surface area (Å²) in [7, 11) is 0. The fourth-order valence-electron chi connectivity index (χ4n) is 3.85. The summed E-state index contributed by atoms with van der Waals surface area (Å²) in [5, 5.41) is 9.90. The van der Waals surface area contributed by atoms with Crippen LogP contribution in [0.5, 0.6) is 0 Å². The Kier molecular flexibility index (Phi) is 8.88. The quantitative estimate of drug-likeness (QED) is 0.161. The lowest BCUT2D eigenvalue weighted by Crippen LogP contribution is -2.27. The van der Waals surface area contributed by atoms with Crippen LogP contribution in [0.1, 0.15) is 49.3 Å². The molecular weight excluding hydrogens is 386 g/mol. The number of nitrogens with one attached hydrogen (secondary N) is 2. The summed E-state index contributed by atoms with van der Waals surface area (Å²) in [5.41, 5.74) is 6.37. The summed E-state index contributed by atoms with van der Waals surface area (Å²) in [6.45, 7) is 5.28. The number of hydrogen-bond acceptors (Lipinski definition) is 3. The second kappa shape index (κ2) is 12.1. The van der Waals surface area contributed by atoms with Crippen molar-refractivity contribution in [3.8, 4) is 0 Å². The molecule has 0 saturated carbocycles. The van der Waals surface area contributed by atoms with Crippen LogP contribution in [-0.4, -0.2) is 34.1 Å². The number of carbonyl (C=O) groups is 1. The predicted molar refractivity (Wildman–Crippen MR) is 127 cm³/mol. The van der Waals surface area contributed by atoms with Crippen molar-refractivity contribution in [3.05, 3.63) is 77.5 Å². The molecule has 0 radical (unpaired) electrons. The number of nitrogens with zero attached hydrogens (tertiary/aromatic N) is 1. The third-order valence-electron chi connectivity index (χ3n) is 5.62. The van der Waals surface area contributed by atoms with Crippen LogP contribution in [0.15, 0.2) is 60.8 Å². The highest BCUT2D eigenvalue weighted by Crippen LogP contribution is 2.19. The number of unbranched alkanes of at least 4 members (excludes halogenated alkanes) is 3. The smallest absolute Gasteiger partial charge is 0.267 e. The van der Waals surface area contributed by atoms with Gasteiger partial charge in [-0.25, -0.2) is 5.48 Å². The van der Waals surface area contributed by atoms with E-state index in [2.05, 4.69) is 59.4 Å². The van der Waals surface area contributed by atoms with E-state index in [1.165, 1.54) is 53.8 Å². The second-order valence-electron chi connectivity index (χ2n) is 8.00. The first-order valence-electron chi connectivity index (χ1n) is 11.2. The topological polar surface area (TPSA) is 68.4 Å². The zero-order valence-corrected chi connectivity index (χ0v) is 18.3. The molecule has 0 unspecified atom stereocenters. The van der Waals surface area contributed by atoms with E-state index < -0.39 is 5.91 Å². The number of amides is 1. The van der Waals surface area contributed by atoms with E-state index in [-0.39, 0.29) is 0 Å². The summed E-state index contributed by atoms with van der Waals surface area (Å²) in [6, 6.07) is 16.7. The van der Waals surface area contributed by atoms with Crippen LogP contribution >= 0.6 is 0 Å². The maximum Gasteiger partial charge on any atom is 0.267 e. The first-order chi connectivity index (χ1) is 15.2. The molecule has 3 aromatic rings. The molecule has 0 bridgehead atoms. The number of aromatic amines is 1. The minimum absolute atomic E-state index is 0.528. The Morgan fingerprint density at radius 3 is 2.65 bits per heavy atom. The number of aromatic nitrogens is 1. The highest BCUT2D eigenvalue weighted by molar-refractivity contribution is 5.90. The molecule has 2 aromatic carbocycles. The van der Waals surface area contributed by atoms with Gasteiger partial charge in [-0.05, 0) is 48.2 Å². The molecule has 5 nitrogen and oxygen atoms in total. The minimum atomic E-state index is -0.528. The number of carbonyl (C=O) groups excluding carboxylic acids is 1. The van der Waals surface area contributed by atoms with Gasteiger partial charge in [0.1, 0.15) is 0 Å². The van der Waals surface area contributed by atoms with Crippen molar-refractivity contribution >= 4 is 22.9 Å². The van der Waals surface area contributed by atoms with Crippen LogP contribution in [0, 0.1) is 0 Å². The van der Waals surface area contributed by atoms with Gasteiger partial charge in [0.15, 0.2) is 0 Å². The summed E-state index contributed by atoms with van der Waals surface area (Å²) in [4.78, 5) is 17.1. The molecule has 0 saturated heterocycles. The van der Waals surface area contributed by atoms with Gasteiger partial charge in [0.2, 0.25) is 0 Å². The largest absolute Gasteiger partial charge is 0.361 e. The van der Waals surface area contributed by atoms with Crippen LogP contribution in [0.4, 0.5) is 0 Å². The molecule has 0 aliphatic rings. The Hall–Kier alpha value is -2.89. The minimum Gasteiger partial charge on any atom is -0.361 e. The van der Waals surface area contributed by atoms with Crippen LogP contribution in [0.25, 0.3) is 17.0 Å². The molecule has 164 valence electrons. The normalized spacial score (nSPS) is 11.6. The van der Waals surface area contributed by atoms with Gasteiger partial charge in [0.05, 0.1) is 0 Å². The highest BCUT2D eigenvalue weighted by Gasteiger charge is 2.09. The molecule has 0 aliphatic heterocycles. The van der Waals surface area contributed by atoms with Crippen LogP contribution < -0.4 is 5.48 Å². The molecule has 1 amide bonds. The number of para-hydroxylation sites is 1. The lowest BCUT2D eigenvalue weighted by Gasteiger charge is -2.22. The monoisotopic (exact) mass is 419 g/mol. The van der Waals surface area contributed by atoms with E-state index in [4.69, 9.17) is 5.21 Å².